The quantitative estimate of drug-likeness (QED) is 0.206. The van der Waals surface area contributed by atoms with Gasteiger partial charge in [-0.05, 0) is 90.3 Å². The van der Waals surface area contributed by atoms with Crippen LogP contribution in [0.4, 0.5) is 4.79 Å². The van der Waals surface area contributed by atoms with Crippen LogP contribution in [0.2, 0.25) is 0 Å². The molecular formula is C36H58N6O4. The summed E-state index contributed by atoms with van der Waals surface area (Å²) >= 11 is 0. The first-order valence-corrected chi connectivity index (χ1v) is 17.2. The van der Waals surface area contributed by atoms with Crippen molar-refractivity contribution in [3.63, 3.8) is 0 Å². The van der Waals surface area contributed by atoms with E-state index in [0.717, 1.165) is 64.3 Å². The standard InChI is InChI=1S/C36H58N6O4/c1-31(2)10-27(37-22-43)13-34(7,16-31)19-40-25-41(20-35(8)14-28(38-23-44)11-32(3,4)17-35)30(46)42(26-40)21-36(9)15-29(39-24-45)12-33(5,6)18-36/h27-29H,10-21,25-26H2,1-9H3. The Morgan fingerprint density at radius 3 is 1.15 bits per heavy atom. The highest BCUT2D eigenvalue weighted by atomic mass is 16.2. The normalized spacial score (nSPS) is 37.4. The zero-order valence-electron chi connectivity index (χ0n) is 29.9. The number of rotatable bonds is 9. The van der Waals surface area contributed by atoms with E-state index in [1.807, 2.05) is 15.9 Å². The predicted octanol–water partition coefficient (Wildman–Crippen LogP) is 6.70. The van der Waals surface area contributed by atoms with Gasteiger partial charge in [-0.1, -0.05) is 62.3 Å². The number of urea groups is 1. The third kappa shape index (κ3) is 9.25. The summed E-state index contributed by atoms with van der Waals surface area (Å²) in [5, 5.41) is 0. The molecule has 46 heavy (non-hydrogen) atoms. The van der Waals surface area contributed by atoms with Crippen molar-refractivity contribution < 1.29 is 19.2 Å². The Morgan fingerprint density at radius 1 is 0.543 bits per heavy atom. The lowest BCUT2D eigenvalue weighted by molar-refractivity contribution is -0.0470. The number of amides is 2. The molecule has 4 fully saturated rings. The van der Waals surface area contributed by atoms with Crippen LogP contribution in [-0.2, 0) is 14.4 Å². The second-order valence-electron chi connectivity index (χ2n) is 19.1. The van der Waals surface area contributed by atoms with Crippen LogP contribution < -0.4 is 0 Å². The lowest BCUT2D eigenvalue weighted by Gasteiger charge is -2.54. The van der Waals surface area contributed by atoms with Crippen molar-refractivity contribution in [3.05, 3.63) is 0 Å². The molecule has 2 amide bonds. The number of hydrogen-bond acceptors (Lipinski definition) is 8. The minimum atomic E-state index is -0.210. The molecule has 0 aromatic carbocycles. The monoisotopic (exact) mass is 638 g/mol. The Balaban J connectivity index is 1.64. The fraction of sp³-hybridized carbons (Fsp3) is 0.889. The van der Waals surface area contributed by atoms with Crippen molar-refractivity contribution in [2.45, 2.75) is 138 Å². The van der Waals surface area contributed by atoms with Crippen molar-refractivity contribution in [2.75, 3.05) is 33.0 Å². The summed E-state index contributed by atoms with van der Waals surface area (Å²) in [6.45, 7) is 23.1. The molecule has 0 spiro atoms. The molecule has 6 unspecified atom stereocenters. The number of carbonyl (C=O) groups is 1. The molecule has 10 nitrogen and oxygen atoms in total. The number of isocyanates is 3. The van der Waals surface area contributed by atoms with E-state index in [1.165, 1.54) is 0 Å². The SMILES string of the molecule is CC1(C)CC(N=C=O)CC(C)(CN2CN(CC3(C)CC(N=C=O)CC(C)(C)C3)C(=O)N(CC3(C)CC(N=C=O)CC(C)(C)C3)C2)C1. The maximum Gasteiger partial charge on any atom is 0.322 e. The van der Waals surface area contributed by atoms with Crippen LogP contribution in [0.5, 0.6) is 0 Å². The van der Waals surface area contributed by atoms with Gasteiger partial charge in [-0.15, -0.1) is 0 Å². The number of nitrogens with zero attached hydrogens (tertiary/aromatic N) is 6. The lowest BCUT2D eigenvalue weighted by atomic mass is 9.62. The summed E-state index contributed by atoms with van der Waals surface area (Å²) in [5.41, 5.74) is -0.503. The maximum atomic E-state index is 14.4. The van der Waals surface area contributed by atoms with Crippen LogP contribution in [0.1, 0.15) is 120 Å². The molecular weight excluding hydrogens is 580 g/mol. The van der Waals surface area contributed by atoms with Crippen LogP contribution in [0, 0.1) is 32.5 Å². The van der Waals surface area contributed by atoms with E-state index in [2.05, 4.69) is 82.2 Å². The highest BCUT2D eigenvalue weighted by Gasteiger charge is 2.49. The molecule has 0 N–H and O–H groups in total. The Morgan fingerprint density at radius 2 is 0.848 bits per heavy atom. The highest BCUT2D eigenvalue weighted by Crippen LogP contribution is 2.51. The van der Waals surface area contributed by atoms with E-state index in [1.54, 1.807) is 12.2 Å². The molecule has 0 bridgehead atoms. The molecule has 4 rings (SSSR count). The molecule has 256 valence electrons. The molecule has 1 heterocycles. The van der Waals surface area contributed by atoms with Gasteiger partial charge in [0.25, 0.3) is 0 Å². The van der Waals surface area contributed by atoms with Gasteiger partial charge in [-0.3, -0.25) is 4.90 Å². The fourth-order valence-electron chi connectivity index (χ4n) is 11.2. The summed E-state index contributed by atoms with van der Waals surface area (Å²) in [7, 11) is 0. The third-order valence-corrected chi connectivity index (χ3v) is 11.0. The maximum absolute atomic E-state index is 14.4. The average molecular weight is 639 g/mol. The Bertz CT molecular complexity index is 1230. The van der Waals surface area contributed by atoms with E-state index in [4.69, 9.17) is 0 Å². The average Bonchev–Trinajstić information content (AvgIpc) is 2.83. The molecule has 0 radical (unpaired) electrons. The first-order valence-electron chi connectivity index (χ1n) is 17.2. The molecule has 4 aliphatic rings. The predicted molar refractivity (Wildman–Crippen MR) is 178 cm³/mol. The van der Waals surface area contributed by atoms with Crippen LogP contribution in [0.3, 0.4) is 0 Å². The zero-order valence-corrected chi connectivity index (χ0v) is 29.9. The van der Waals surface area contributed by atoms with Gasteiger partial charge in [-0.2, -0.15) is 0 Å². The molecule has 3 saturated carbocycles. The van der Waals surface area contributed by atoms with Crippen LogP contribution in [0.25, 0.3) is 0 Å². The second kappa shape index (κ2) is 13.1. The topological polar surface area (TPSA) is 115 Å². The summed E-state index contributed by atoms with van der Waals surface area (Å²) in [6, 6.07) is -0.220. The summed E-state index contributed by atoms with van der Waals surface area (Å²) in [6.07, 6.45) is 13.1. The first-order chi connectivity index (χ1) is 21.2. The number of hydrogen-bond donors (Lipinski definition) is 0. The summed E-state index contributed by atoms with van der Waals surface area (Å²) < 4.78 is 0. The van der Waals surface area contributed by atoms with Gasteiger partial charge in [0.05, 0.1) is 31.5 Å². The van der Waals surface area contributed by atoms with Crippen LogP contribution >= 0.6 is 0 Å². The van der Waals surface area contributed by atoms with E-state index in [0.29, 0.717) is 26.4 Å². The highest BCUT2D eigenvalue weighted by molar-refractivity contribution is 5.75. The third-order valence-electron chi connectivity index (χ3n) is 11.0. The lowest BCUT2D eigenvalue weighted by Crippen LogP contribution is -2.63. The van der Waals surface area contributed by atoms with E-state index >= 15 is 0 Å². The van der Waals surface area contributed by atoms with Gasteiger partial charge in [0.1, 0.15) is 0 Å². The molecule has 0 aromatic heterocycles. The molecule has 0 aromatic rings. The molecule has 3 aliphatic carbocycles. The fourth-order valence-corrected chi connectivity index (χ4v) is 11.2. The summed E-state index contributed by atoms with van der Waals surface area (Å²) in [4.78, 5) is 67.2. The van der Waals surface area contributed by atoms with Gasteiger partial charge >= 0.3 is 6.03 Å². The largest absolute Gasteiger partial charge is 0.322 e. The molecule has 1 saturated heterocycles. The van der Waals surface area contributed by atoms with E-state index in [9.17, 15) is 19.2 Å². The molecule has 1 aliphatic heterocycles. The van der Waals surface area contributed by atoms with Gasteiger partial charge < -0.3 is 9.80 Å². The smallest absolute Gasteiger partial charge is 0.311 e. The van der Waals surface area contributed by atoms with Crippen molar-refractivity contribution in [3.8, 4) is 0 Å². The van der Waals surface area contributed by atoms with E-state index < -0.39 is 0 Å². The van der Waals surface area contributed by atoms with Crippen molar-refractivity contribution in [1.82, 2.24) is 14.7 Å². The van der Waals surface area contributed by atoms with Crippen molar-refractivity contribution in [2.24, 2.45) is 47.5 Å². The minimum Gasteiger partial charge on any atom is -0.311 e. The van der Waals surface area contributed by atoms with E-state index in [-0.39, 0.29) is 56.6 Å². The second-order valence-corrected chi connectivity index (χ2v) is 19.1. The molecule has 6 atom stereocenters. The first kappa shape index (κ1) is 36.2. The summed E-state index contributed by atoms with van der Waals surface area (Å²) in [5.74, 6) is 0. The minimum absolute atomic E-state index is 0.0131. The number of carbonyl (C=O) groups excluding carboxylic acids is 4. The Hall–Kier alpha value is -2.63. The van der Waals surface area contributed by atoms with Crippen LogP contribution in [0.15, 0.2) is 15.0 Å². The van der Waals surface area contributed by atoms with Gasteiger partial charge in [0, 0.05) is 19.6 Å². The van der Waals surface area contributed by atoms with Crippen molar-refractivity contribution >= 4 is 24.3 Å². The Kier molecular flexibility index (Phi) is 10.3. The van der Waals surface area contributed by atoms with Gasteiger partial charge in [-0.25, -0.2) is 34.2 Å². The number of aliphatic imine (C=N–C) groups is 3. The van der Waals surface area contributed by atoms with Crippen LogP contribution in [-0.4, -0.2) is 90.1 Å². The van der Waals surface area contributed by atoms with Crippen molar-refractivity contribution in [1.29, 1.82) is 0 Å². The van der Waals surface area contributed by atoms with Gasteiger partial charge in [0.15, 0.2) is 0 Å². The zero-order chi connectivity index (χ0) is 34.2. The van der Waals surface area contributed by atoms with Gasteiger partial charge in [0.2, 0.25) is 18.2 Å². The molecule has 10 heteroatoms. The Labute approximate surface area is 276 Å².